The summed E-state index contributed by atoms with van der Waals surface area (Å²) in [6.45, 7) is 16.9. The minimum absolute atomic E-state index is 0.0686. The van der Waals surface area contributed by atoms with E-state index in [-0.39, 0.29) is 53.7 Å². The predicted octanol–water partition coefficient (Wildman–Crippen LogP) is 4.70. The van der Waals surface area contributed by atoms with E-state index >= 15 is 0 Å². The summed E-state index contributed by atoms with van der Waals surface area (Å²) < 4.78 is 0. The van der Waals surface area contributed by atoms with Crippen molar-refractivity contribution in [3.05, 3.63) is 47.5 Å². The van der Waals surface area contributed by atoms with Crippen LogP contribution in [0.1, 0.15) is 86.3 Å². The number of hydrogen-bond donors (Lipinski definition) is 2. The van der Waals surface area contributed by atoms with Gasteiger partial charge in [0, 0.05) is 18.7 Å². The molecule has 0 bridgehead atoms. The van der Waals surface area contributed by atoms with Gasteiger partial charge in [-0.25, -0.2) is 0 Å². The van der Waals surface area contributed by atoms with Gasteiger partial charge in [0.1, 0.15) is 6.04 Å². The second-order valence-electron chi connectivity index (χ2n) is 11.7. The highest BCUT2D eigenvalue weighted by molar-refractivity contribution is 5.93. The third-order valence-corrected chi connectivity index (χ3v) is 7.64. The zero-order valence-electron chi connectivity index (χ0n) is 25.0. The fourth-order valence-electron chi connectivity index (χ4n) is 5.20. The first-order valence-corrected chi connectivity index (χ1v) is 14.2. The third-order valence-electron chi connectivity index (χ3n) is 7.64. The van der Waals surface area contributed by atoms with Crippen molar-refractivity contribution in [3.63, 3.8) is 0 Å². The van der Waals surface area contributed by atoms with E-state index in [0.717, 1.165) is 31.4 Å². The molecule has 0 radical (unpaired) electrons. The van der Waals surface area contributed by atoms with E-state index in [1.807, 2.05) is 71.0 Å². The maximum absolute atomic E-state index is 13.7. The summed E-state index contributed by atoms with van der Waals surface area (Å²) in [5.74, 6) is -0.357. The van der Waals surface area contributed by atoms with Gasteiger partial charge in [-0.3, -0.25) is 19.3 Å². The van der Waals surface area contributed by atoms with Crippen LogP contribution in [0.15, 0.2) is 42.0 Å². The zero-order chi connectivity index (χ0) is 28.6. The summed E-state index contributed by atoms with van der Waals surface area (Å²) in [6.07, 6.45) is 4.80. The van der Waals surface area contributed by atoms with Crippen LogP contribution in [0.5, 0.6) is 0 Å². The van der Waals surface area contributed by atoms with Crippen molar-refractivity contribution in [1.29, 1.82) is 0 Å². The molecule has 7 nitrogen and oxygen atoms in total. The summed E-state index contributed by atoms with van der Waals surface area (Å²) >= 11 is 0. The van der Waals surface area contributed by atoms with E-state index in [4.69, 9.17) is 0 Å². The average Bonchev–Trinajstić information content (AvgIpc) is 2.89. The molecule has 2 rings (SSSR count). The number of nitrogens with zero attached hydrogens (tertiary/aromatic N) is 2. The lowest BCUT2D eigenvalue weighted by atomic mass is 9.95. The summed E-state index contributed by atoms with van der Waals surface area (Å²) in [6, 6.07) is 8.84. The van der Waals surface area contributed by atoms with Gasteiger partial charge in [0.25, 0.3) is 0 Å². The molecule has 1 aliphatic heterocycles. The van der Waals surface area contributed by atoms with E-state index in [1.165, 1.54) is 0 Å². The van der Waals surface area contributed by atoms with Crippen LogP contribution in [0, 0.1) is 11.8 Å². The Morgan fingerprint density at radius 1 is 0.947 bits per heavy atom. The molecule has 4 atom stereocenters. The molecule has 1 heterocycles. The van der Waals surface area contributed by atoms with E-state index < -0.39 is 6.04 Å². The van der Waals surface area contributed by atoms with Crippen molar-refractivity contribution < 1.29 is 14.4 Å². The standard InChI is InChI=1S/C31H50N4O3/c1-20(2)27(19-23(7)29(36)32-24(8)25-15-11-10-12-16-25)34(9)31(38)28(21(3)4)33-30(37)26-17-13-14-18-35(26)22(5)6/h10-12,15-16,19-22,24,26-28H,13-14,17-18H2,1-9H3,(H,32,36)(H,33,37)/b23-19+/t24?,26-,27-,28?/m1/s1. The topological polar surface area (TPSA) is 81.8 Å². The van der Waals surface area contributed by atoms with E-state index in [2.05, 4.69) is 29.4 Å². The van der Waals surface area contributed by atoms with Crippen LogP contribution < -0.4 is 10.6 Å². The lowest BCUT2D eigenvalue weighted by Gasteiger charge is -2.39. The number of nitrogens with one attached hydrogen (secondary N) is 2. The van der Waals surface area contributed by atoms with Gasteiger partial charge in [-0.1, -0.05) is 70.5 Å². The van der Waals surface area contributed by atoms with Crippen molar-refractivity contribution in [1.82, 2.24) is 20.4 Å². The Kier molecular flexibility index (Phi) is 12.0. The molecule has 7 heteroatoms. The van der Waals surface area contributed by atoms with E-state index in [0.29, 0.717) is 5.57 Å². The van der Waals surface area contributed by atoms with Gasteiger partial charge >= 0.3 is 0 Å². The molecule has 0 aliphatic carbocycles. The smallest absolute Gasteiger partial charge is 0.247 e. The quantitative estimate of drug-likeness (QED) is 0.410. The predicted molar refractivity (Wildman–Crippen MR) is 154 cm³/mol. The molecule has 1 aromatic carbocycles. The highest BCUT2D eigenvalue weighted by Gasteiger charge is 2.36. The Morgan fingerprint density at radius 3 is 2.13 bits per heavy atom. The molecule has 2 N–H and O–H groups in total. The van der Waals surface area contributed by atoms with E-state index in [9.17, 15) is 14.4 Å². The summed E-state index contributed by atoms with van der Waals surface area (Å²) in [7, 11) is 1.77. The first kappa shape index (κ1) is 31.5. The van der Waals surface area contributed by atoms with Gasteiger partial charge in [0.15, 0.2) is 0 Å². The normalized spacial score (nSPS) is 19.3. The molecule has 212 valence electrons. The van der Waals surface area contributed by atoms with Gasteiger partial charge < -0.3 is 15.5 Å². The third kappa shape index (κ3) is 8.42. The minimum atomic E-state index is -0.634. The van der Waals surface area contributed by atoms with Crippen LogP contribution in [0.4, 0.5) is 0 Å². The number of carbonyl (C=O) groups excluding carboxylic acids is 3. The number of likely N-dealkylation sites (N-methyl/N-ethyl adjacent to an activating group) is 1. The number of benzene rings is 1. The van der Waals surface area contributed by atoms with Crippen LogP contribution >= 0.6 is 0 Å². The van der Waals surface area contributed by atoms with Crippen LogP contribution in [0.3, 0.4) is 0 Å². The first-order valence-electron chi connectivity index (χ1n) is 14.2. The Hall–Kier alpha value is -2.67. The molecule has 38 heavy (non-hydrogen) atoms. The maximum atomic E-state index is 13.7. The lowest BCUT2D eigenvalue weighted by molar-refractivity contribution is -0.140. The number of rotatable bonds is 11. The Bertz CT molecular complexity index is 957. The van der Waals surface area contributed by atoms with Crippen LogP contribution in [0.25, 0.3) is 0 Å². The van der Waals surface area contributed by atoms with Crippen molar-refractivity contribution in [2.24, 2.45) is 11.8 Å². The number of amides is 3. The molecular formula is C31H50N4O3. The van der Waals surface area contributed by atoms with Gasteiger partial charge in [-0.15, -0.1) is 0 Å². The number of carbonyl (C=O) groups is 3. The van der Waals surface area contributed by atoms with Gasteiger partial charge in [-0.2, -0.15) is 0 Å². The van der Waals surface area contributed by atoms with Gasteiger partial charge in [-0.05, 0) is 64.5 Å². The average molecular weight is 527 g/mol. The van der Waals surface area contributed by atoms with Crippen molar-refractivity contribution >= 4 is 17.7 Å². The van der Waals surface area contributed by atoms with Crippen LogP contribution in [-0.4, -0.2) is 65.3 Å². The summed E-state index contributed by atoms with van der Waals surface area (Å²) in [4.78, 5) is 44.0. The molecule has 0 saturated carbocycles. The first-order chi connectivity index (χ1) is 17.8. The molecule has 0 spiro atoms. The molecule has 1 aromatic rings. The minimum Gasteiger partial charge on any atom is -0.346 e. The highest BCUT2D eigenvalue weighted by Crippen LogP contribution is 2.22. The second-order valence-corrected chi connectivity index (χ2v) is 11.7. The van der Waals surface area contributed by atoms with Crippen molar-refractivity contribution in [3.8, 4) is 0 Å². The van der Waals surface area contributed by atoms with E-state index in [1.54, 1.807) is 18.9 Å². The van der Waals surface area contributed by atoms with Crippen molar-refractivity contribution in [2.45, 2.75) is 105 Å². The fraction of sp³-hybridized carbons (Fsp3) is 0.645. The molecule has 3 amide bonds. The van der Waals surface area contributed by atoms with Crippen LogP contribution in [-0.2, 0) is 14.4 Å². The number of piperidine rings is 1. The number of hydrogen-bond acceptors (Lipinski definition) is 4. The summed E-state index contributed by atoms with van der Waals surface area (Å²) in [5, 5.41) is 6.15. The Labute approximate surface area is 230 Å². The molecule has 1 fully saturated rings. The zero-order valence-corrected chi connectivity index (χ0v) is 25.0. The monoisotopic (exact) mass is 526 g/mol. The SMILES string of the molecule is C/C(=C\[C@H](C(C)C)N(C)C(=O)C(NC(=O)[C@H]1CCCCN1C(C)C)C(C)C)C(=O)NC(C)c1ccccc1. The van der Waals surface area contributed by atoms with Crippen LogP contribution in [0.2, 0.25) is 0 Å². The maximum Gasteiger partial charge on any atom is 0.247 e. The van der Waals surface area contributed by atoms with Gasteiger partial charge in [0.05, 0.1) is 18.1 Å². The van der Waals surface area contributed by atoms with Crippen molar-refractivity contribution in [2.75, 3.05) is 13.6 Å². The summed E-state index contributed by atoms with van der Waals surface area (Å²) in [5.41, 5.74) is 1.59. The second kappa shape index (κ2) is 14.5. The molecule has 1 saturated heterocycles. The molecular weight excluding hydrogens is 476 g/mol. The van der Waals surface area contributed by atoms with Gasteiger partial charge in [0.2, 0.25) is 17.7 Å². The highest BCUT2D eigenvalue weighted by atomic mass is 16.2. The fourth-order valence-corrected chi connectivity index (χ4v) is 5.20. The molecule has 0 aromatic heterocycles. The largest absolute Gasteiger partial charge is 0.346 e. The Morgan fingerprint density at radius 2 is 1.58 bits per heavy atom. The lowest BCUT2D eigenvalue weighted by Crippen LogP contribution is -2.58. The number of likely N-dealkylation sites (tertiary alicyclic amines) is 1. The Balaban J connectivity index is 2.16. The molecule has 2 unspecified atom stereocenters. The molecule has 1 aliphatic rings.